The number of piperazine rings is 1. The van der Waals surface area contributed by atoms with Crippen molar-refractivity contribution in [3.05, 3.63) is 59.9 Å². The molecule has 3 heterocycles. The molecule has 8 nitrogen and oxygen atoms in total. The molecule has 4 rings (SSSR count). The Hall–Kier alpha value is -2.95. The number of carbonyl (C=O) groups is 2. The molecule has 0 spiro atoms. The first-order valence-electron chi connectivity index (χ1n) is 10.1. The van der Waals surface area contributed by atoms with Gasteiger partial charge in [-0.2, -0.15) is 0 Å². The number of carboxylic acids is 1. The fourth-order valence-electron chi connectivity index (χ4n) is 3.39. The minimum Gasteiger partial charge on any atom is -0.480 e. The third kappa shape index (κ3) is 5.64. The number of carboxylic acid groups (broad SMARTS) is 1. The van der Waals surface area contributed by atoms with E-state index in [1.54, 1.807) is 22.9 Å². The van der Waals surface area contributed by atoms with Crippen LogP contribution < -0.4 is 5.32 Å². The largest absolute Gasteiger partial charge is 0.480 e. The summed E-state index contributed by atoms with van der Waals surface area (Å²) in [7, 11) is 0. The van der Waals surface area contributed by atoms with Crippen LogP contribution in [-0.2, 0) is 4.79 Å². The van der Waals surface area contributed by atoms with Crippen LogP contribution in [0.15, 0.2) is 57.9 Å². The maximum Gasteiger partial charge on any atom is 0.317 e. The molecule has 0 saturated carbocycles. The van der Waals surface area contributed by atoms with Gasteiger partial charge >= 0.3 is 5.97 Å². The number of aromatic nitrogens is 2. The van der Waals surface area contributed by atoms with Crippen molar-refractivity contribution in [2.75, 3.05) is 38.0 Å². The minimum absolute atomic E-state index is 0.0123. The zero-order chi connectivity index (χ0) is 22.5. The van der Waals surface area contributed by atoms with Crippen LogP contribution in [0.1, 0.15) is 15.9 Å². The molecule has 1 amide bonds. The van der Waals surface area contributed by atoms with Crippen LogP contribution in [0.25, 0.3) is 0 Å². The summed E-state index contributed by atoms with van der Waals surface area (Å²) >= 11 is 3.09. The Labute approximate surface area is 194 Å². The fourth-order valence-corrected chi connectivity index (χ4v) is 5.29. The number of nitrogens with one attached hydrogen (secondary N) is 1. The molecule has 3 aromatic rings. The van der Waals surface area contributed by atoms with E-state index in [0.717, 1.165) is 25.6 Å². The molecule has 2 aromatic heterocycles. The van der Waals surface area contributed by atoms with Gasteiger partial charge in [0, 0.05) is 42.8 Å². The SMILES string of the molecule is Cc1ccc(Sc2cnc(Nc3ccccn3)s2)cc1C(=O)N1CCN(CC(=O)O)CC1. The molecule has 2 N–H and O–H groups in total. The monoisotopic (exact) mass is 469 g/mol. The van der Waals surface area contributed by atoms with Crippen molar-refractivity contribution in [1.82, 2.24) is 19.8 Å². The molecule has 0 radical (unpaired) electrons. The maximum atomic E-state index is 13.1. The van der Waals surface area contributed by atoms with Gasteiger partial charge in [-0.3, -0.25) is 14.5 Å². The summed E-state index contributed by atoms with van der Waals surface area (Å²) in [6.07, 6.45) is 3.53. The molecule has 0 atom stereocenters. The van der Waals surface area contributed by atoms with E-state index in [1.807, 2.05) is 54.4 Å². The van der Waals surface area contributed by atoms with Gasteiger partial charge in [0.05, 0.1) is 17.0 Å². The van der Waals surface area contributed by atoms with Gasteiger partial charge in [-0.1, -0.05) is 35.2 Å². The summed E-state index contributed by atoms with van der Waals surface area (Å²) in [5.41, 5.74) is 1.60. The van der Waals surface area contributed by atoms with Gasteiger partial charge in [0.15, 0.2) is 5.13 Å². The van der Waals surface area contributed by atoms with Crippen LogP contribution in [0.5, 0.6) is 0 Å². The van der Waals surface area contributed by atoms with E-state index in [0.29, 0.717) is 31.7 Å². The molecule has 1 aliphatic heterocycles. The molecular formula is C22H23N5O3S2. The van der Waals surface area contributed by atoms with E-state index in [-0.39, 0.29) is 12.5 Å². The number of aliphatic carboxylic acids is 1. The summed E-state index contributed by atoms with van der Waals surface area (Å²) in [6, 6.07) is 11.6. The molecule has 1 aromatic carbocycles. The molecule has 1 fully saturated rings. The normalized spacial score (nSPS) is 14.3. The lowest BCUT2D eigenvalue weighted by Gasteiger charge is -2.34. The first-order chi connectivity index (χ1) is 15.5. The second-order valence-electron chi connectivity index (χ2n) is 7.37. The van der Waals surface area contributed by atoms with Crippen LogP contribution in [0.2, 0.25) is 0 Å². The third-order valence-electron chi connectivity index (χ3n) is 5.06. The molecule has 0 unspecified atom stereocenters. The fraction of sp³-hybridized carbons (Fsp3) is 0.273. The molecular weight excluding hydrogens is 446 g/mol. The van der Waals surface area contributed by atoms with Gasteiger partial charge in [-0.05, 0) is 36.8 Å². The molecule has 166 valence electrons. The van der Waals surface area contributed by atoms with E-state index in [4.69, 9.17) is 5.11 Å². The Morgan fingerprint density at radius 1 is 1.16 bits per heavy atom. The van der Waals surface area contributed by atoms with Gasteiger partial charge in [0.1, 0.15) is 5.82 Å². The predicted molar refractivity (Wildman–Crippen MR) is 125 cm³/mol. The topological polar surface area (TPSA) is 98.7 Å². The Bertz CT molecular complexity index is 1100. The van der Waals surface area contributed by atoms with Crippen LogP contribution >= 0.6 is 23.1 Å². The number of pyridine rings is 1. The molecule has 0 bridgehead atoms. The lowest BCUT2D eigenvalue weighted by molar-refractivity contribution is -0.138. The third-order valence-corrected chi connectivity index (χ3v) is 7.06. The van der Waals surface area contributed by atoms with E-state index >= 15 is 0 Å². The lowest BCUT2D eigenvalue weighted by atomic mass is 10.1. The number of rotatable bonds is 7. The molecule has 1 saturated heterocycles. The number of anilines is 2. The summed E-state index contributed by atoms with van der Waals surface area (Å²) in [6.45, 7) is 4.14. The first kappa shape index (κ1) is 22.3. The van der Waals surface area contributed by atoms with Crippen LogP contribution in [0.3, 0.4) is 0 Å². The number of benzene rings is 1. The quantitative estimate of drug-likeness (QED) is 0.542. The average Bonchev–Trinajstić information content (AvgIpc) is 3.22. The van der Waals surface area contributed by atoms with E-state index in [1.165, 1.54) is 11.3 Å². The van der Waals surface area contributed by atoms with Crippen LogP contribution in [0, 0.1) is 6.92 Å². The highest BCUT2D eigenvalue weighted by molar-refractivity contribution is 8.01. The second kappa shape index (κ2) is 10.1. The van der Waals surface area contributed by atoms with Crippen molar-refractivity contribution in [1.29, 1.82) is 0 Å². The van der Waals surface area contributed by atoms with E-state index in [9.17, 15) is 9.59 Å². The van der Waals surface area contributed by atoms with Crippen molar-refractivity contribution in [2.24, 2.45) is 0 Å². The Morgan fingerprint density at radius 3 is 2.69 bits per heavy atom. The first-order valence-corrected chi connectivity index (χ1v) is 11.8. The summed E-state index contributed by atoms with van der Waals surface area (Å²) < 4.78 is 1.01. The molecule has 1 aliphatic rings. The van der Waals surface area contributed by atoms with Crippen molar-refractivity contribution >= 4 is 45.9 Å². The Kier molecular flexibility index (Phi) is 7.03. The van der Waals surface area contributed by atoms with Gasteiger partial charge in [0.25, 0.3) is 5.91 Å². The number of nitrogens with zero attached hydrogens (tertiary/aromatic N) is 4. The summed E-state index contributed by atoms with van der Waals surface area (Å²) in [5.74, 6) is -0.112. The van der Waals surface area contributed by atoms with E-state index < -0.39 is 5.97 Å². The number of hydrogen-bond donors (Lipinski definition) is 2. The van der Waals surface area contributed by atoms with Gasteiger partial charge in [0.2, 0.25) is 0 Å². The highest BCUT2D eigenvalue weighted by atomic mass is 32.2. The molecule has 10 heteroatoms. The van der Waals surface area contributed by atoms with Crippen molar-refractivity contribution < 1.29 is 14.7 Å². The van der Waals surface area contributed by atoms with Crippen molar-refractivity contribution in [3.8, 4) is 0 Å². The average molecular weight is 470 g/mol. The standard InChI is InChI=1S/C22H23N5O3S2/c1-15-5-6-16(31-20-13-24-22(32-20)25-18-4-2-3-7-23-18)12-17(15)21(30)27-10-8-26(9-11-27)14-19(28)29/h2-7,12-13H,8-11,14H2,1H3,(H,28,29)(H,23,24,25). The highest BCUT2D eigenvalue weighted by Gasteiger charge is 2.24. The van der Waals surface area contributed by atoms with E-state index in [2.05, 4.69) is 15.3 Å². The highest BCUT2D eigenvalue weighted by Crippen LogP contribution is 2.35. The Balaban J connectivity index is 1.41. The zero-order valence-electron chi connectivity index (χ0n) is 17.5. The van der Waals surface area contributed by atoms with Crippen molar-refractivity contribution in [3.63, 3.8) is 0 Å². The second-order valence-corrected chi connectivity index (χ2v) is 9.77. The Morgan fingerprint density at radius 2 is 1.97 bits per heavy atom. The number of thiazole rings is 1. The van der Waals surface area contributed by atoms with Gasteiger partial charge < -0.3 is 15.3 Å². The van der Waals surface area contributed by atoms with Crippen molar-refractivity contribution in [2.45, 2.75) is 16.0 Å². The summed E-state index contributed by atoms with van der Waals surface area (Å²) in [4.78, 5) is 37.3. The smallest absolute Gasteiger partial charge is 0.317 e. The number of carbonyl (C=O) groups excluding carboxylic acids is 1. The number of aryl methyl sites for hydroxylation is 1. The van der Waals surface area contributed by atoms with Gasteiger partial charge in [-0.25, -0.2) is 9.97 Å². The molecule has 0 aliphatic carbocycles. The lowest BCUT2D eigenvalue weighted by Crippen LogP contribution is -2.50. The molecule has 32 heavy (non-hydrogen) atoms. The maximum absolute atomic E-state index is 13.1. The minimum atomic E-state index is -0.841. The van der Waals surface area contributed by atoms with Crippen LogP contribution in [-0.4, -0.2) is 69.5 Å². The zero-order valence-corrected chi connectivity index (χ0v) is 19.2. The number of hydrogen-bond acceptors (Lipinski definition) is 8. The van der Waals surface area contributed by atoms with Gasteiger partial charge in [-0.15, -0.1) is 0 Å². The predicted octanol–water partition coefficient (Wildman–Crippen LogP) is 3.58. The van der Waals surface area contributed by atoms with Crippen LogP contribution in [0.4, 0.5) is 10.9 Å². The summed E-state index contributed by atoms with van der Waals surface area (Å²) in [5, 5.41) is 12.9. The number of amides is 1.